The minimum atomic E-state index is -0.0102. The van der Waals surface area contributed by atoms with Gasteiger partial charge in [0, 0.05) is 31.0 Å². The second-order valence-corrected chi connectivity index (χ2v) is 5.76. The third-order valence-corrected chi connectivity index (χ3v) is 4.27. The highest BCUT2D eigenvalue weighted by Crippen LogP contribution is 2.22. The third kappa shape index (κ3) is 2.75. The fourth-order valence-corrected chi connectivity index (χ4v) is 2.97. The Bertz CT molecular complexity index is 804. The molecular formula is C17H17N5O. The number of aryl methyl sites for hydroxylation is 1. The van der Waals surface area contributed by atoms with Gasteiger partial charge < -0.3 is 14.9 Å². The van der Waals surface area contributed by atoms with Crippen LogP contribution < -0.4 is 5.32 Å². The number of carbonyl (C=O) groups excluding carboxylic acids is 1. The summed E-state index contributed by atoms with van der Waals surface area (Å²) < 4.78 is 2.06. The first kappa shape index (κ1) is 13.8. The lowest BCUT2D eigenvalue weighted by Gasteiger charge is -2.23. The maximum Gasteiger partial charge on any atom is 0.229 e. The molecule has 0 saturated carbocycles. The van der Waals surface area contributed by atoms with Crippen molar-refractivity contribution in [1.82, 2.24) is 19.5 Å². The zero-order chi connectivity index (χ0) is 15.6. The van der Waals surface area contributed by atoms with Crippen molar-refractivity contribution < 1.29 is 4.79 Å². The van der Waals surface area contributed by atoms with Crippen LogP contribution in [0.15, 0.2) is 49.2 Å². The van der Waals surface area contributed by atoms with Crippen LogP contribution in [0.3, 0.4) is 0 Å². The van der Waals surface area contributed by atoms with Crippen LogP contribution in [0.1, 0.15) is 12.2 Å². The zero-order valence-corrected chi connectivity index (χ0v) is 12.6. The van der Waals surface area contributed by atoms with Gasteiger partial charge in [-0.25, -0.2) is 9.97 Å². The Morgan fingerprint density at radius 1 is 1.30 bits per heavy atom. The first-order valence-corrected chi connectivity index (χ1v) is 7.69. The van der Waals surface area contributed by atoms with Gasteiger partial charge in [-0.2, -0.15) is 0 Å². The van der Waals surface area contributed by atoms with Gasteiger partial charge in [0.15, 0.2) is 0 Å². The molecule has 1 atom stereocenters. The summed E-state index contributed by atoms with van der Waals surface area (Å²) in [7, 11) is 0. The molecule has 0 saturated heterocycles. The van der Waals surface area contributed by atoms with Crippen molar-refractivity contribution in [3.8, 4) is 11.3 Å². The number of aromatic nitrogens is 4. The monoisotopic (exact) mass is 307 g/mol. The highest BCUT2D eigenvalue weighted by atomic mass is 16.1. The number of aromatic amines is 1. The molecule has 1 aliphatic rings. The van der Waals surface area contributed by atoms with E-state index in [4.69, 9.17) is 0 Å². The largest absolute Gasteiger partial charge is 0.345 e. The van der Waals surface area contributed by atoms with E-state index in [0.717, 1.165) is 35.6 Å². The second-order valence-electron chi connectivity index (χ2n) is 5.76. The number of nitrogens with one attached hydrogen (secondary N) is 2. The van der Waals surface area contributed by atoms with Gasteiger partial charge in [0.25, 0.3) is 0 Å². The van der Waals surface area contributed by atoms with Gasteiger partial charge in [-0.1, -0.05) is 12.1 Å². The molecule has 0 fully saturated rings. The SMILES string of the molecule is O=C(Nc1ccc(-c2cnc[nH]2)cc1)C1CCc2nccn2C1. The fraction of sp³-hybridized carbons (Fsp3) is 0.235. The average molecular weight is 307 g/mol. The van der Waals surface area contributed by atoms with Crippen molar-refractivity contribution in [2.75, 3.05) is 5.32 Å². The Labute approximate surface area is 133 Å². The number of H-pyrrole nitrogens is 1. The molecule has 3 aromatic rings. The van der Waals surface area contributed by atoms with Crippen molar-refractivity contribution in [2.45, 2.75) is 19.4 Å². The molecular weight excluding hydrogens is 290 g/mol. The minimum absolute atomic E-state index is 0.0102. The normalized spacial score (nSPS) is 16.8. The summed E-state index contributed by atoms with van der Waals surface area (Å²) in [5.74, 6) is 1.13. The Hall–Kier alpha value is -2.89. The highest BCUT2D eigenvalue weighted by Gasteiger charge is 2.24. The van der Waals surface area contributed by atoms with Crippen molar-refractivity contribution >= 4 is 11.6 Å². The number of hydrogen-bond acceptors (Lipinski definition) is 3. The number of hydrogen-bond donors (Lipinski definition) is 2. The van der Waals surface area contributed by atoms with Gasteiger partial charge >= 0.3 is 0 Å². The first-order valence-electron chi connectivity index (χ1n) is 7.69. The Morgan fingerprint density at radius 3 is 2.96 bits per heavy atom. The molecule has 23 heavy (non-hydrogen) atoms. The van der Waals surface area contributed by atoms with E-state index in [-0.39, 0.29) is 11.8 Å². The number of rotatable bonds is 3. The van der Waals surface area contributed by atoms with E-state index >= 15 is 0 Å². The third-order valence-electron chi connectivity index (χ3n) is 4.27. The molecule has 0 radical (unpaired) electrons. The minimum Gasteiger partial charge on any atom is -0.345 e. The van der Waals surface area contributed by atoms with Crippen LogP contribution in [0.2, 0.25) is 0 Å². The number of carbonyl (C=O) groups is 1. The van der Waals surface area contributed by atoms with E-state index in [0.29, 0.717) is 6.54 Å². The van der Waals surface area contributed by atoms with E-state index in [2.05, 4.69) is 24.8 Å². The predicted octanol–water partition coefficient (Wildman–Crippen LogP) is 2.47. The maximum atomic E-state index is 12.5. The lowest BCUT2D eigenvalue weighted by atomic mass is 9.98. The van der Waals surface area contributed by atoms with Crippen molar-refractivity contribution in [3.05, 3.63) is 55.0 Å². The molecule has 2 N–H and O–H groups in total. The number of fused-ring (bicyclic) bond motifs is 1. The summed E-state index contributed by atoms with van der Waals surface area (Å²) >= 11 is 0. The van der Waals surface area contributed by atoms with Gasteiger partial charge in [-0.15, -0.1) is 0 Å². The summed E-state index contributed by atoms with van der Waals surface area (Å²) in [6.45, 7) is 0.702. The molecule has 1 aliphatic heterocycles. The highest BCUT2D eigenvalue weighted by molar-refractivity contribution is 5.92. The molecule has 3 heterocycles. The number of benzene rings is 1. The van der Waals surface area contributed by atoms with Crippen molar-refractivity contribution in [2.24, 2.45) is 5.92 Å². The molecule has 0 aliphatic carbocycles. The van der Waals surface area contributed by atoms with Gasteiger partial charge in [0.2, 0.25) is 5.91 Å². The van der Waals surface area contributed by atoms with Crippen LogP contribution in [0, 0.1) is 5.92 Å². The molecule has 6 heteroatoms. The van der Waals surface area contributed by atoms with Crippen LogP contribution in [0.5, 0.6) is 0 Å². The summed E-state index contributed by atoms with van der Waals surface area (Å²) in [5.41, 5.74) is 2.82. The predicted molar refractivity (Wildman–Crippen MR) is 86.7 cm³/mol. The van der Waals surface area contributed by atoms with E-state index in [1.54, 1.807) is 18.7 Å². The molecule has 1 unspecified atom stereocenters. The second kappa shape index (κ2) is 5.72. The van der Waals surface area contributed by atoms with E-state index in [9.17, 15) is 4.79 Å². The van der Waals surface area contributed by atoms with Crippen LogP contribution in [-0.2, 0) is 17.8 Å². The van der Waals surface area contributed by atoms with Gasteiger partial charge in [0.1, 0.15) is 5.82 Å². The molecule has 116 valence electrons. The van der Waals surface area contributed by atoms with Gasteiger partial charge in [-0.3, -0.25) is 4.79 Å². The molecule has 1 aromatic carbocycles. The Morgan fingerprint density at radius 2 is 2.17 bits per heavy atom. The van der Waals surface area contributed by atoms with Crippen molar-refractivity contribution in [1.29, 1.82) is 0 Å². The molecule has 4 rings (SSSR count). The number of imidazole rings is 2. The first-order chi connectivity index (χ1) is 11.3. The quantitative estimate of drug-likeness (QED) is 0.780. The number of anilines is 1. The average Bonchev–Trinajstić information content (AvgIpc) is 3.26. The van der Waals surface area contributed by atoms with E-state index in [1.165, 1.54) is 0 Å². The lowest BCUT2D eigenvalue weighted by molar-refractivity contribution is -0.120. The zero-order valence-electron chi connectivity index (χ0n) is 12.6. The Balaban J connectivity index is 1.43. The van der Waals surface area contributed by atoms with Gasteiger partial charge in [0.05, 0.1) is 24.1 Å². The van der Waals surface area contributed by atoms with Crippen LogP contribution in [-0.4, -0.2) is 25.4 Å². The Kier molecular flexibility index (Phi) is 3.42. The standard InChI is InChI=1S/C17H17N5O/c23-17(13-3-6-16-19-7-8-22(16)10-13)21-14-4-1-12(2-5-14)15-9-18-11-20-15/h1-2,4-5,7-9,11,13H,3,6,10H2,(H,18,20)(H,21,23). The molecule has 2 aromatic heterocycles. The van der Waals surface area contributed by atoms with E-state index < -0.39 is 0 Å². The molecule has 1 amide bonds. The summed E-state index contributed by atoms with van der Waals surface area (Å²) in [6.07, 6.45) is 8.85. The van der Waals surface area contributed by atoms with E-state index in [1.807, 2.05) is 30.5 Å². The molecule has 6 nitrogen and oxygen atoms in total. The molecule has 0 spiro atoms. The van der Waals surface area contributed by atoms with Crippen LogP contribution in [0.4, 0.5) is 5.69 Å². The summed E-state index contributed by atoms with van der Waals surface area (Å²) in [4.78, 5) is 23.8. The smallest absolute Gasteiger partial charge is 0.229 e. The van der Waals surface area contributed by atoms with Crippen LogP contribution in [0.25, 0.3) is 11.3 Å². The van der Waals surface area contributed by atoms with Gasteiger partial charge in [-0.05, 0) is 24.1 Å². The summed E-state index contributed by atoms with van der Waals surface area (Å²) in [5, 5.41) is 3.01. The number of nitrogens with zero attached hydrogens (tertiary/aromatic N) is 3. The number of amides is 1. The van der Waals surface area contributed by atoms with Crippen LogP contribution >= 0.6 is 0 Å². The topological polar surface area (TPSA) is 75.6 Å². The fourth-order valence-electron chi connectivity index (χ4n) is 2.97. The maximum absolute atomic E-state index is 12.5. The summed E-state index contributed by atoms with van der Waals surface area (Å²) in [6, 6.07) is 7.77. The lowest BCUT2D eigenvalue weighted by Crippen LogP contribution is -2.31. The molecule has 0 bridgehead atoms. The van der Waals surface area contributed by atoms with Crippen molar-refractivity contribution in [3.63, 3.8) is 0 Å².